The number of hydrogen-bond acceptors (Lipinski definition) is 4. The van der Waals surface area contributed by atoms with Crippen molar-refractivity contribution in [1.29, 1.82) is 0 Å². The maximum absolute atomic E-state index is 10.2. The summed E-state index contributed by atoms with van der Waals surface area (Å²) in [6.07, 6.45) is 0. The zero-order chi connectivity index (χ0) is 55.7. The fourth-order valence-corrected chi connectivity index (χ4v) is 7.47. The number of hydrogen-bond donors (Lipinski definition) is 0. The van der Waals surface area contributed by atoms with E-state index >= 15 is 0 Å². The number of fused-ring (bicyclic) bond motifs is 10. The van der Waals surface area contributed by atoms with Crippen molar-refractivity contribution in [2.24, 2.45) is 0 Å². The Labute approximate surface area is 356 Å². The van der Waals surface area contributed by atoms with E-state index in [1.165, 1.54) is 9.13 Å². The molecule has 0 atom stereocenters. The van der Waals surface area contributed by atoms with Gasteiger partial charge in [0.1, 0.15) is 11.2 Å². The number of benzene rings is 8. The molecule has 57 heavy (non-hydrogen) atoms. The van der Waals surface area contributed by atoms with Crippen LogP contribution in [0.25, 0.3) is 111 Å². The smallest absolute Gasteiger partial charge is 0.238 e. The highest BCUT2D eigenvalue weighted by Gasteiger charge is 2.24. The first-order chi connectivity index (χ1) is 37.0. The van der Waals surface area contributed by atoms with Crippen LogP contribution in [-0.2, 0) is 0 Å². The van der Waals surface area contributed by atoms with Gasteiger partial charge in [-0.05, 0) is 47.4 Å². The fourth-order valence-electron chi connectivity index (χ4n) is 7.47. The van der Waals surface area contributed by atoms with Crippen molar-refractivity contribution in [3.05, 3.63) is 188 Å². The molecule has 0 aliphatic heterocycles. The van der Waals surface area contributed by atoms with Crippen LogP contribution in [0.15, 0.2) is 192 Å². The number of rotatable bonds is 5. The van der Waals surface area contributed by atoms with Crippen LogP contribution in [0.3, 0.4) is 0 Å². The minimum atomic E-state index is -0.766. The molecule has 266 valence electrons. The van der Waals surface area contributed by atoms with Gasteiger partial charge >= 0.3 is 0 Å². The third kappa shape index (κ3) is 4.81. The fraction of sp³-hybridized carbons (Fsp3) is 0. The van der Waals surface area contributed by atoms with Crippen LogP contribution >= 0.6 is 0 Å². The number of nitrogens with zero attached hydrogens (tertiary/aromatic N) is 5. The van der Waals surface area contributed by atoms with E-state index in [2.05, 4.69) is 4.98 Å². The van der Waals surface area contributed by atoms with E-state index in [1.54, 1.807) is 60.7 Å². The Balaban J connectivity index is 1.28. The second-order valence-corrected chi connectivity index (χ2v) is 12.8. The number of furan rings is 1. The lowest BCUT2D eigenvalue weighted by Gasteiger charge is -2.13. The monoisotopic (exact) mass is 750 g/mol. The molecule has 0 bridgehead atoms. The molecule has 0 unspecified atom stereocenters. The van der Waals surface area contributed by atoms with Crippen molar-refractivity contribution in [1.82, 2.24) is 24.1 Å². The molecule has 0 amide bonds. The molecule has 0 radical (unpaired) electrons. The van der Waals surface area contributed by atoms with Crippen LogP contribution in [0.1, 0.15) is 28.8 Å². The second kappa shape index (κ2) is 12.3. The van der Waals surface area contributed by atoms with Gasteiger partial charge in [0, 0.05) is 49.1 Å². The minimum absolute atomic E-state index is 0.231. The zero-order valence-electron chi connectivity index (χ0n) is 49.9. The predicted molar refractivity (Wildman–Crippen MR) is 232 cm³/mol. The van der Waals surface area contributed by atoms with E-state index in [1.807, 2.05) is 0 Å². The van der Waals surface area contributed by atoms with Crippen molar-refractivity contribution in [3.8, 4) is 45.5 Å². The lowest BCUT2D eigenvalue weighted by atomic mass is 9.99. The molecule has 12 rings (SSSR count). The van der Waals surface area contributed by atoms with Gasteiger partial charge in [0.05, 0.1) is 50.9 Å². The molecule has 0 fully saturated rings. The van der Waals surface area contributed by atoms with Crippen LogP contribution in [0, 0.1) is 0 Å². The summed E-state index contributed by atoms with van der Waals surface area (Å²) in [4.78, 5) is 14.0. The van der Waals surface area contributed by atoms with E-state index in [-0.39, 0.29) is 33.4 Å². The standard InChI is InChI=1S/C51H31N5O/c1-4-15-32(16-5-1)36-23-14-26-45-46(36)41-31-35(27-30-44(41)57-45)55-42-24-12-10-21-37(42)39-28-29-40-38-22-11-13-25-43(38)56(48(40)47(39)55)51-53-49(33-17-6-2-7-18-33)52-50(54-51)34-19-8-3-9-20-34/h1-31H/i1D,2D,3D,4D,5D,6D,7D,8D,9D,14D,15D,16D,17D,18D,19D,20D,23D,26D,27D,30D,31D. The Morgan fingerprint density at radius 3 is 1.63 bits per heavy atom. The summed E-state index contributed by atoms with van der Waals surface area (Å²) in [5.74, 6) is -1.42. The van der Waals surface area contributed by atoms with Crippen molar-refractivity contribution < 1.29 is 33.2 Å². The van der Waals surface area contributed by atoms with E-state index in [9.17, 15) is 5.48 Å². The van der Waals surface area contributed by atoms with E-state index in [0.717, 1.165) is 0 Å². The molecule has 4 heterocycles. The second-order valence-electron chi connectivity index (χ2n) is 12.8. The molecule has 0 N–H and O–H groups in total. The first-order valence-electron chi connectivity index (χ1n) is 27.9. The van der Waals surface area contributed by atoms with Gasteiger partial charge in [-0.2, -0.15) is 9.97 Å². The summed E-state index contributed by atoms with van der Waals surface area (Å²) in [5, 5.41) is 1.49. The quantitative estimate of drug-likeness (QED) is 0.176. The molecule has 4 aromatic heterocycles. The molecule has 0 spiro atoms. The van der Waals surface area contributed by atoms with Gasteiger partial charge in [-0.25, -0.2) is 4.98 Å². The van der Waals surface area contributed by atoms with Crippen LogP contribution in [0.4, 0.5) is 0 Å². The highest BCUT2D eigenvalue weighted by atomic mass is 16.3. The number of aromatic nitrogens is 5. The van der Waals surface area contributed by atoms with E-state index < -0.39 is 172 Å². The molecule has 6 heteroatoms. The SMILES string of the molecule is [2H]c1c([2H])c([2H])c(-c2nc(-c3c([2H])c([2H])c([2H])c([2H])c3[2H])nc(-n3c4ccccc4c4ccc5c6ccccc6n(-c6c([2H])c([2H])c7oc8c([2H])c([2H])c([2H])c(-c9c([2H])c([2H])c([2H])c([2H])c9[2H])c8c7c6[2H])c5c43)n2)c([2H])c1[2H]. The van der Waals surface area contributed by atoms with E-state index in [4.69, 9.17) is 37.7 Å². The van der Waals surface area contributed by atoms with Gasteiger partial charge < -0.3 is 8.98 Å². The summed E-state index contributed by atoms with van der Waals surface area (Å²) >= 11 is 0. The molecule has 0 saturated carbocycles. The van der Waals surface area contributed by atoms with Gasteiger partial charge in [-0.1, -0.05) is 151 Å². The highest BCUT2D eigenvalue weighted by Crippen LogP contribution is 2.43. The largest absolute Gasteiger partial charge is 0.456 e. The van der Waals surface area contributed by atoms with Crippen LogP contribution in [0.5, 0.6) is 0 Å². The Morgan fingerprint density at radius 2 is 1.00 bits per heavy atom. The third-order valence-corrected chi connectivity index (χ3v) is 9.77. The average Bonchev–Trinajstić information content (AvgIpc) is 4.27. The van der Waals surface area contributed by atoms with Crippen LogP contribution in [-0.4, -0.2) is 24.1 Å². The van der Waals surface area contributed by atoms with Crippen molar-refractivity contribution in [2.75, 3.05) is 0 Å². The first-order valence-corrected chi connectivity index (χ1v) is 17.4. The van der Waals surface area contributed by atoms with E-state index in [0.29, 0.717) is 32.6 Å². The molecule has 0 aliphatic carbocycles. The Morgan fingerprint density at radius 1 is 0.439 bits per heavy atom. The highest BCUT2D eigenvalue weighted by molar-refractivity contribution is 6.24. The van der Waals surface area contributed by atoms with Gasteiger partial charge in [0.25, 0.3) is 0 Å². The van der Waals surface area contributed by atoms with Crippen LogP contribution in [0.2, 0.25) is 0 Å². The minimum Gasteiger partial charge on any atom is -0.456 e. The van der Waals surface area contributed by atoms with Gasteiger partial charge in [0.15, 0.2) is 11.6 Å². The van der Waals surface area contributed by atoms with Crippen molar-refractivity contribution in [3.63, 3.8) is 0 Å². The molecular weight excluding hydrogens is 699 g/mol. The van der Waals surface area contributed by atoms with Crippen molar-refractivity contribution >= 4 is 65.6 Å². The maximum Gasteiger partial charge on any atom is 0.238 e. The zero-order valence-corrected chi connectivity index (χ0v) is 28.9. The molecule has 12 aromatic rings. The molecule has 0 saturated heterocycles. The predicted octanol–water partition coefficient (Wildman–Crippen LogP) is 13.0. The summed E-state index contributed by atoms with van der Waals surface area (Å²) in [7, 11) is 0. The normalized spacial score (nSPS) is 17.0. The van der Waals surface area contributed by atoms with Gasteiger partial charge in [-0.3, -0.25) is 4.57 Å². The Hall–Kier alpha value is -7.83. The summed E-state index contributed by atoms with van der Waals surface area (Å²) < 4.78 is 195. The van der Waals surface area contributed by atoms with Gasteiger partial charge in [-0.15, -0.1) is 0 Å². The average molecular weight is 751 g/mol. The summed E-state index contributed by atoms with van der Waals surface area (Å²) in [6.45, 7) is 0. The topological polar surface area (TPSA) is 61.7 Å². The lowest BCUT2D eigenvalue weighted by molar-refractivity contribution is 0.669. The molecule has 6 nitrogen and oxygen atoms in total. The first kappa shape index (κ1) is 17.3. The molecule has 8 aromatic carbocycles. The molecule has 0 aliphatic rings. The summed E-state index contributed by atoms with van der Waals surface area (Å²) in [6, 6.07) is 2.43. The van der Waals surface area contributed by atoms with Gasteiger partial charge in [0.2, 0.25) is 5.95 Å². The van der Waals surface area contributed by atoms with Crippen LogP contribution < -0.4 is 0 Å². The Bertz CT molecular complexity index is 4600. The maximum atomic E-state index is 10.2. The molecular formula is C51H31N5O. The third-order valence-electron chi connectivity index (χ3n) is 9.77. The number of para-hydroxylation sites is 2. The Kier molecular flexibility index (Phi) is 3.75. The summed E-state index contributed by atoms with van der Waals surface area (Å²) in [5.41, 5.74) is -1.94. The lowest BCUT2D eigenvalue weighted by Crippen LogP contribution is -2.07. The van der Waals surface area contributed by atoms with Crippen molar-refractivity contribution in [2.45, 2.75) is 0 Å².